The number of carbonyl (C=O) groups is 2. The molecule has 0 atom stereocenters. The molecule has 0 saturated heterocycles. The fourth-order valence-corrected chi connectivity index (χ4v) is 3.06. The summed E-state index contributed by atoms with van der Waals surface area (Å²) in [5.74, 6) is -1.38. The number of aromatic amines is 1. The SMILES string of the molecule is Cc1nc(S/C(=C/c2ccc(OCc3ccc(C(=O)[O-])cc3)cc2)C(=O)[O-])n[nH]1. The monoisotopic (exact) mass is 409 g/mol. The maximum absolute atomic E-state index is 11.4. The molecule has 1 heterocycles. The van der Waals surface area contributed by atoms with Gasteiger partial charge < -0.3 is 24.5 Å². The van der Waals surface area contributed by atoms with E-state index in [4.69, 9.17) is 4.74 Å². The number of aromatic carboxylic acids is 1. The zero-order valence-electron chi connectivity index (χ0n) is 15.2. The third-order valence-corrected chi connectivity index (χ3v) is 4.62. The van der Waals surface area contributed by atoms with Crippen molar-refractivity contribution in [3.8, 4) is 5.75 Å². The van der Waals surface area contributed by atoms with Crippen molar-refractivity contribution >= 4 is 29.8 Å². The molecule has 9 heteroatoms. The van der Waals surface area contributed by atoms with Crippen LogP contribution in [0.1, 0.15) is 27.3 Å². The van der Waals surface area contributed by atoms with Crippen LogP contribution >= 0.6 is 11.8 Å². The van der Waals surface area contributed by atoms with Gasteiger partial charge in [0.05, 0.1) is 11.9 Å². The number of thioether (sulfide) groups is 1. The van der Waals surface area contributed by atoms with Crippen LogP contribution in [0.3, 0.4) is 0 Å². The molecule has 2 aromatic carbocycles. The van der Waals surface area contributed by atoms with Crippen molar-refractivity contribution in [3.05, 3.63) is 76.0 Å². The van der Waals surface area contributed by atoms with Crippen molar-refractivity contribution in [1.29, 1.82) is 0 Å². The minimum Gasteiger partial charge on any atom is -0.545 e. The van der Waals surface area contributed by atoms with Crippen molar-refractivity contribution in [1.82, 2.24) is 15.2 Å². The topological polar surface area (TPSA) is 131 Å². The van der Waals surface area contributed by atoms with E-state index >= 15 is 0 Å². The van der Waals surface area contributed by atoms with Crippen LogP contribution in [-0.2, 0) is 11.4 Å². The first-order valence-electron chi connectivity index (χ1n) is 8.44. The van der Waals surface area contributed by atoms with Crippen LogP contribution in [0.15, 0.2) is 58.6 Å². The molecular formula is C20H15N3O5S-2. The van der Waals surface area contributed by atoms with E-state index in [-0.39, 0.29) is 17.1 Å². The molecule has 148 valence electrons. The van der Waals surface area contributed by atoms with Gasteiger partial charge in [-0.05, 0) is 53.6 Å². The smallest absolute Gasteiger partial charge is 0.213 e. The standard InChI is InChI=1S/C20H17N3O5S/c1-12-21-20(23-22-12)29-17(19(26)27)10-13-4-8-16(9-5-13)28-11-14-2-6-15(7-3-14)18(24)25/h2-10H,11H2,1H3,(H,24,25)(H,26,27)(H,21,22,23)/p-2/b17-10+. The predicted molar refractivity (Wildman–Crippen MR) is 102 cm³/mol. The Morgan fingerprint density at radius 2 is 1.79 bits per heavy atom. The second kappa shape index (κ2) is 9.07. The molecule has 1 aromatic heterocycles. The lowest BCUT2D eigenvalue weighted by molar-refractivity contribution is -0.298. The number of carbonyl (C=O) groups excluding carboxylic acids is 2. The molecule has 0 bridgehead atoms. The Kier molecular flexibility index (Phi) is 6.30. The average Bonchev–Trinajstić information content (AvgIpc) is 3.12. The normalized spacial score (nSPS) is 11.3. The summed E-state index contributed by atoms with van der Waals surface area (Å²) in [6, 6.07) is 13.0. The number of ether oxygens (including phenoxy) is 1. The Hall–Kier alpha value is -3.59. The number of hydrogen-bond acceptors (Lipinski definition) is 8. The minimum atomic E-state index is -1.32. The van der Waals surface area contributed by atoms with Crippen LogP contribution in [-0.4, -0.2) is 27.1 Å². The summed E-state index contributed by atoms with van der Waals surface area (Å²) < 4.78 is 5.66. The zero-order valence-corrected chi connectivity index (χ0v) is 16.1. The van der Waals surface area contributed by atoms with E-state index in [0.717, 1.165) is 17.3 Å². The fraction of sp³-hybridized carbons (Fsp3) is 0.100. The second-order valence-corrected chi connectivity index (χ2v) is 6.95. The molecule has 0 unspecified atom stereocenters. The van der Waals surface area contributed by atoms with E-state index in [2.05, 4.69) is 15.2 Å². The van der Waals surface area contributed by atoms with Gasteiger partial charge in [-0.2, -0.15) is 0 Å². The van der Waals surface area contributed by atoms with Crippen LogP contribution in [0.2, 0.25) is 0 Å². The highest BCUT2D eigenvalue weighted by molar-refractivity contribution is 8.04. The molecule has 0 aliphatic carbocycles. The Morgan fingerprint density at radius 1 is 1.10 bits per heavy atom. The van der Waals surface area contributed by atoms with E-state index in [1.807, 2.05) is 0 Å². The number of nitrogens with zero attached hydrogens (tertiary/aromatic N) is 2. The van der Waals surface area contributed by atoms with Crippen LogP contribution in [0.25, 0.3) is 6.08 Å². The average molecular weight is 409 g/mol. The van der Waals surface area contributed by atoms with E-state index < -0.39 is 11.9 Å². The van der Waals surface area contributed by atoms with Gasteiger partial charge in [0.25, 0.3) is 0 Å². The summed E-state index contributed by atoms with van der Waals surface area (Å²) in [6.07, 6.45) is 1.47. The predicted octanol–water partition coefficient (Wildman–Crippen LogP) is 0.939. The lowest BCUT2D eigenvalue weighted by Crippen LogP contribution is -2.23. The summed E-state index contributed by atoms with van der Waals surface area (Å²) >= 11 is 0.895. The van der Waals surface area contributed by atoms with Gasteiger partial charge >= 0.3 is 0 Å². The van der Waals surface area contributed by atoms with Gasteiger partial charge in [-0.1, -0.05) is 36.4 Å². The van der Waals surface area contributed by atoms with Gasteiger partial charge in [0, 0.05) is 4.91 Å². The first kappa shape index (κ1) is 20.2. The number of benzene rings is 2. The molecule has 0 aliphatic rings. The molecule has 0 amide bonds. The van der Waals surface area contributed by atoms with E-state index in [9.17, 15) is 19.8 Å². The van der Waals surface area contributed by atoms with Crippen molar-refractivity contribution in [2.24, 2.45) is 0 Å². The molecule has 3 rings (SSSR count). The van der Waals surface area contributed by atoms with Gasteiger partial charge in [-0.3, -0.25) is 5.10 Å². The van der Waals surface area contributed by atoms with Gasteiger partial charge in [0.15, 0.2) is 0 Å². The van der Waals surface area contributed by atoms with Gasteiger partial charge in [0.2, 0.25) is 5.16 Å². The quantitative estimate of drug-likeness (QED) is 0.429. The number of H-pyrrole nitrogens is 1. The Labute approximate surface area is 170 Å². The van der Waals surface area contributed by atoms with E-state index in [1.165, 1.54) is 18.2 Å². The zero-order chi connectivity index (χ0) is 20.8. The van der Waals surface area contributed by atoms with Crippen molar-refractivity contribution in [2.75, 3.05) is 0 Å². The molecular weight excluding hydrogens is 394 g/mol. The molecule has 8 nitrogen and oxygen atoms in total. The summed E-state index contributed by atoms with van der Waals surface area (Å²) in [5.41, 5.74) is 1.55. The number of aliphatic carboxylic acids is 1. The largest absolute Gasteiger partial charge is 0.545 e. The lowest BCUT2D eigenvalue weighted by Gasteiger charge is -2.09. The number of aryl methyl sites for hydroxylation is 1. The summed E-state index contributed by atoms with van der Waals surface area (Å²) in [7, 11) is 0. The van der Waals surface area contributed by atoms with Crippen molar-refractivity contribution in [2.45, 2.75) is 18.7 Å². The number of carboxylic acids is 2. The summed E-state index contributed by atoms with van der Waals surface area (Å²) in [4.78, 5) is 26.2. The van der Waals surface area contributed by atoms with Gasteiger partial charge in [0.1, 0.15) is 18.2 Å². The lowest BCUT2D eigenvalue weighted by atomic mass is 10.1. The van der Waals surface area contributed by atoms with Crippen LogP contribution in [0.4, 0.5) is 0 Å². The third-order valence-electron chi connectivity index (χ3n) is 3.75. The Balaban J connectivity index is 1.64. The number of aromatic nitrogens is 3. The van der Waals surface area contributed by atoms with Gasteiger partial charge in [-0.15, -0.1) is 5.10 Å². The first-order valence-corrected chi connectivity index (χ1v) is 9.25. The highest BCUT2D eigenvalue weighted by Gasteiger charge is 2.07. The first-order chi connectivity index (χ1) is 13.9. The molecule has 29 heavy (non-hydrogen) atoms. The van der Waals surface area contributed by atoms with Crippen LogP contribution in [0, 0.1) is 6.92 Å². The second-order valence-electron chi connectivity index (χ2n) is 5.94. The van der Waals surface area contributed by atoms with E-state index in [0.29, 0.717) is 22.3 Å². The molecule has 0 aliphatic heterocycles. The maximum Gasteiger partial charge on any atom is 0.213 e. The van der Waals surface area contributed by atoms with E-state index in [1.54, 1.807) is 43.3 Å². The number of hydrogen-bond donors (Lipinski definition) is 1. The van der Waals surface area contributed by atoms with Crippen molar-refractivity contribution in [3.63, 3.8) is 0 Å². The Bertz CT molecular complexity index is 1040. The summed E-state index contributed by atoms with van der Waals surface area (Å²) in [6.45, 7) is 1.97. The highest BCUT2D eigenvalue weighted by atomic mass is 32.2. The van der Waals surface area contributed by atoms with Crippen molar-refractivity contribution < 1.29 is 24.5 Å². The molecule has 0 radical (unpaired) electrons. The fourth-order valence-electron chi connectivity index (χ4n) is 2.31. The molecule has 1 N–H and O–H groups in total. The third kappa shape index (κ3) is 5.69. The highest BCUT2D eigenvalue weighted by Crippen LogP contribution is 2.25. The van der Waals surface area contributed by atoms with Crippen LogP contribution < -0.4 is 14.9 Å². The summed E-state index contributed by atoms with van der Waals surface area (Å²) in [5, 5.41) is 29.0. The minimum absolute atomic E-state index is 0.0225. The number of rotatable bonds is 8. The van der Waals surface area contributed by atoms with Crippen LogP contribution in [0.5, 0.6) is 5.75 Å². The number of carboxylic acid groups (broad SMARTS) is 2. The Morgan fingerprint density at radius 3 is 2.34 bits per heavy atom. The van der Waals surface area contributed by atoms with Gasteiger partial charge in [-0.25, -0.2) is 4.98 Å². The maximum atomic E-state index is 11.4. The molecule has 0 spiro atoms. The molecule has 0 saturated carbocycles. The molecule has 3 aromatic rings. The number of nitrogens with one attached hydrogen (secondary N) is 1. The molecule has 0 fully saturated rings.